The van der Waals surface area contributed by atoms with Gasteiger partial charge in [0, 0.05) is 29.7 Å². The van der Waals surface area contributed by atoms with Crippen molar-refractivity contribution in [3.05, 3.63) is 71.9 Å². The Kier molecular flexibility index (Phi) is 5.73. The largest absolute Gasteiger partial charge is 0.361 e. The highest BCUT2D eigenvalue weighted by atomic mass is 32.2. The first kappa shape index (κ1) is 18.9. The van der Waals surface area contributed by atoms with Crippen LogP contribution in [-0.2, 0) is 21.2 Å². The molecule has 3 N–H and O–H groups in total. The number of fused-ring (bicyclic) bond motifs is 1. The third kappa shape index (κ3) is 4.64. The summed E-state index contributed by atoms with van der Waals surface area (Å²) >= 11 is 0. The van der Waals surface area contributed by atoms with Gasteiger partial charge in [0.25, 0.3) is 0 Å². The van der Waals surface area contributed by atoms with E-state index in [4.69, 9.17) is 0 Å². The molecule has 0 radical (unpaired) electrons. The lowest BCUT2D eigenvalue weighted by Gasteiger charge is -2.03. The van der Waals surface area contributed by atoms with E-state index in [-0.39, 0.29) is 10.8 Å². The summed E-state index contributed by atoms with van der Waals surface area (Å²) in [5.41, 5.74) is 3.00. The van der Waals surface area contributed by atoms with Crippen LogP contribution in [0.2, 0.25) is 0 Å². The zero-order valence-corrected chi connectivity index (χ0v) is 15.7. The molecule has 3 rings (SSSR count). The Morgan fingerprint density at radius 2 is 1.85 bits per heavy atom. The number of sulfonamides is 1. The fraction of sp³-hybridized carbons (Fsp3) is 0.150. The molecule has 0 spiro atoms. The molecule has 27 heavy (non-hydrogen) atoms. The van der Waals surface area contributed by atoms with Crippen molar-refractivity contribution in [2.45, 2.75) is 11.3 Å². The number of benzene rings is 2. The van der Waals surface area contributed by atoms with Crippen LogP contribution in [0.4, 0.5) is 0 Å². The predicted octanol–water partition coefficient (Wildman–Crippen LogP) is 2.45. The van der Waals surface area contributed by atoms with Crippen LogP contribution in [0.5, 0.6) is 0 Å². The number of H-pyrrole nitrogens is 1. The number of aromatic nitrogens is 1. The quantitative estimate of drug-likeness (QED) is 0.547. The maximum atomic E-state index is 12.0. The Morgan fingerprint density at radius 3 is 2.59 bits per heavy atom. The second-order valence-electron chi connectivity index (χ2n) is 6.01. The predicted molar refractivity (Wildman–Crippen MR) is 107 cm³/mol. The van der Waals surface area contributed by atoms with Gasteiger partial charge >= 0.3 is 0 Å². The van der Waals surface area contributed by atoms with Gasteiger partial charge in [0.2, 0.25) is 15.9 Å². The fourth-order valence-corrected chi connectivity index (χ4v) is 3.50. The molecule has 140 valence electrons. The molecule has 0 unspecified atom stereocenters. The van der Waals surface area contributed by atoms with Crippen LogP contribution in [0.25, 0.3) is 17.0 Å². The van der Waals surface area contributed by atoms with Gasteiger partial charge in [-0.1, -0.05) is 30.3 Å². The van der Waals surface area contributed by atoms with Crippen molar-refractivity contribution in [2.24, 2.45) is 0 Å². The maximum Gasteiger partial charge on any atom is 0.244 e. The fourth-order valence-electron chi connectivity index (χ4n) is 2.77. The van der Waals surface area contributed by atoms with E-state index in [1.807, 2.05) is 24.4 Å². The first-order valence-electron chi connectivity index (χ1n) is 8.54. The van der Waals surface area contributed by atoms with Crippen molar-refractivity contribution in [1.29, 1.82) is 0 Å². The number of hydrogen-bond acceptors (Lipinski definition) is 3. The van der Waals surface area contributed by atoms with Crippen molar-refractivity contribution in [1.82, 2.24) is 15.0 Å². The average molecular weight is 383 g/mol. The van der Waals surface area contributed by atoms with E-state index in [0.29, 0.717) is 6.54 Å². The molecular weight excluding hydrogens is 362 g/mol. The standard InChI is InChI=1S/C20H21N3O3S/c1-21-27(25,26)17-9-6-15(7-10-17)8-11-20(24)22-13-12-16-14-23-19-5-3-2-4-18(16)19/h2-11,14,21,23H,12-13H2,1H3,(H,22,24)/b11-8+. The molecule has 1 amide bonds. The second-order valence-corrected chi connectivity index (χ2v) is 7.90. The molecule has 0 atom stereocenters. The topological polar surface area (TPSA) is 91.1 Å². The monoisotopic (exact) mass is 383 g/mol. The molecule has 0 aliphatic heterocycles. The second kappa shape index (κ2) is 8.20. The van der Waals surface area contributed by atoms with E-state index < -0.39 is 10.0 Å². The number of carbonyl (C=O) groups is 1. The summed E-state index contributed by atoms with van der Waals surface area (Å²) in [5.74, 6) is -0.193. The molecule has 0 bridgehead atoms. The van der Waals surface area contributed by atoms with Gasteiger partial charge in [0.05, 0.1) is 4.90 Å². The van der Waals surface area contributed by atoms with E-state index in [9.17, 15) is 13.2 Å². The van der Waals surface area contributed by atoms with Gasteiger partial charge in [-0.2, -0.15) is 0 Å². The molecule has 6 nitrogen and oxygen atoms in total. The number of hydrogen-bond donors (Lipinski definition) is 3. The van der Waals surface area contributed by atoms with Gasteiger partial charge in [-0.15, -0.1) is 0 Å². The zero-order valence-electron chi connectivity index (χ0n) is 14.9. The van der Waals surface area contributed by atoms with Gasteiger partial charge < -0.3 is 10.3 Å². The van der Waals surface area contributed by atoms with E-state index in [2.05, 4.69) is 21.1 Å². The molecular formula is C20H21N3O3S. The van der Waals surface area contributed by atoms with E-state index in [1.54, 1.807) is 18.2 Å². The lowest BCUT2D eigenvalue weighted by molar-refractivity contribution is -0.116. The Morgan fingerprint density at radius 1 is 1.11 bits per heavy atom. The molecule has 7 heteroatoms. The summed E-state index contributed by atoms with van der Waals surface area (Å²) in [4.78, 5) is 15.4. The SMILES string of the molecule is CNS(=O)(=O)c1ccc(/C=C/C(=O)NCCc2c[nH]c3ccccc23)cc1. The Labute approximate surface area is 158 Å². The van der Waals surface area contributed by atoms with Gasteiger partial charge in [-0.05, 0) is 48.9 Å². The number of para-hydroxylation sites is 1. The lowest BCUT2D eigenvalue weighted by Crippen LogP contribution is -2.23. The molecule has 0 aliphatic rings. The van der Waals surface area contributed by atoms with Crippen LogP contribution < -0.4 is 10.0 Å². The molecule has 0 aliphatic carbocycles. The summed E-state index contributed by atoms with van der Waals surface area (Å²) in [6, 6.07) is 14.4. The third-order valence-electron chi connectivity index (χ3n) is 4.25. The summed E-state index contributed by atoms with van der Waals surface area (Å²) in [7, 11) is -2.09. The molecule has 0 fully saturated rings. The highest BCUT2D eigenvalue weighted by Gasteiger charge is 2.09. The minimum atomic E-state index is -3.45. The zero-order chi connectivity index (χ0) is 19.3. The van der Waals surface area contributed by atoms with Crippen LogP contribution in [-0.4, -0.2) is 32.9 Å². The van der Waals surface area contributed by atoms with Crippen molar-refractivity contribution < 1.29 is 13.2 Å². The molecule has 0 saturated carbocycles. The summed E-state index contributed by atoms with van der Waals surface area (Å²) in [6.07, 6.45) is 5.79. The first-order valence-corrected chi connectivity index (χ1v) is 10.0. The molecule has 0 saturated heterocycles. The summed E-state index contributed by atoms with van der Waals surface area (Å²) in [6.45, 7) is 0.532. The van der Waals surface area contributed by atoms with Gasteiger partial charge in [-0.25, -0.2) is 13.1 Å². The average Bonchev–Trinajstić information content (AvgIpc) is 3.10. The highest BCUT2D eigenvalue weighted by molar-refractivity contribution is 7.89. The minimum Gasteiger partial charge on any atom is -0.361 e. The van der Waals surface area contributed by atoms with E-state index >= 15 is 0 Å². The van der Waals surface area contributed by atoms with Crippen molar-refractivity contribution >= 4 is 32.9 Å². The normalized spacial score (nSPS) is 11.9. The number of carbonyl (C=O) groups excluding carboxylic acids is 1. The van der Waals surface area contributed by atoms with Gasteiger partial charge in [-0.3, -0.25) is 4.79 Å². The number of nitrogens with one attached hydrogen (secondary N) is 3. The van der Waals surface area contributed by atoms with Crippen LogP contribution in [0, 0.1) is 0 Å². The highest BCUT2D eigenvalue weighted by Crippen LogP contribution is 2.17. The molecule has 1 heterocycles. The van der Waals surface area contributed by atoms with Crippen LogP contribution in [0.1, 0.15) is 11.1 Å². The molecule has 3 aromatic rings. The van der Waals surface area contributed by atoms with Crippen molar-refractivity contribution in [2.75, 3.05) is 13.6 Å². The Hall–Kier alpha value is -2.90. The first-order chi connectivity index (χ1) is 13.0. The van der Waals surface area contributed by atoms with E-state index in [0.717, 1.165) is 23.1 Å². The van der Waals surface area contributed by atoms with Crippen molar-refractivity contribution in [3.8, 4) is 0 Å². The van der Waals surface area contributed by atoms with Crippen LogP contribution in [0.3, 0.4) is 0 Å². The minimum absolute atomic E-state index is 0.185. The number of amides is 1. The summed E-state index contributed by atoms with van der Waals surface area (Å²) in [5, 5.41) is 4.02. The van der Waals surface area contributed by atoms with Crippen LogP contribution >= 0.6 is 0 Å². The molecule has 1 aromatic heterocycles. The lowest BCUT2D eigenvalue weighted by atomic mass is 10.1. The Bertz CT molecular complexity index is 1070. The third-order valence-corrected chi connectivity index (χ3v) is 5.69. The van der Waals surface area contributed by atoms with Gasteiger partial charge in [0.15, 0.2) is 0 Å². The van der Waals surface area contributed by atoms with Crippen LogP contribution in [0.15, 0.2) is 65.7 Å². The summed E-state index contributed by atoms with van der Waals surface area (Å²) < 4.78 is 25.6. The Balaban J connectivity index is 1.53. The number of aromatic amines is 1. The number of rotatable bonds is 7. The van der Waals surface area contributed by atoms with Crippen molar-refractivity contribution in [3.63, 3.8) is 0 Å². The van der Waals surface area contributed by atoms with E-state index in [1.165, 1.54) is 30.6 Å². The smallest absolute Gasteiger partial charge is 0.244 e. The van der Waals surface area contributed by atoms with Gasteiger partial charge in [0.1, 0.15) is 0 Å². The maximum absolute atomic E-state index is 12.0. The molecule has 2 aromatic carbocycles.